The van der Waals surface area contributed by atoms with E-state index in [-0.39, 0.29) is 0 Å². The van der Waals surface area contributed by atoms with E-state index in [1.165, 1.54) is 0 Å². The highest BCUT2D eigenvalue weighted by atomic mass is 32.1. The third-order valence-electron chi connectivity index (χ3n) is 3.44. The van der Waals surface area contributed by atoms with E-state index in [0.29, 0.717) is 0 Å². The van der Waals surface area contributed by atoms with E-state index in [4.69, 9.17) is 4.74 Å². The van der Waals surface area contributed by atoms with Gasteiger partial charge >= 0.3 is 0 Å². The molecule has 0 radical (unpaired) electrons. The summed E-state index contributed by atoms with van der Waals surface area (Å²) in [7, 11) is 1.67. The van der Waals surface area contributed by atoms with E-state index in [0.717, 1.165) is 33.4 Å². The Balaban J connectivity index is 1.97. The molecule has 22 heavy (non-hydrogen) atoms. The van der Waals surface area contributed by atoms with Crippen molar-refractivity contribution < 1.29 is 4.74 Å². The summed E-state index contributed by atoms with van der Waals surface area (Å²) in [5.41, 5.74) is 3.88. The fourth-order valence-electron chi connectivity index (χ4n) is 2.34. The Kier molecular flexibility index (Phi) is 4.06. The van der Waals surface area contributed by atoms with Gasteiger partial charge in [-0.05, 0) is 37.4 Å². The smallest absolute Gasteiger partial charge is 0.138 e. The van der Waals surface area contributed by atoms with Gasteiger partial charge < -0.3 is 4.74 Å². The fraction of sp³-hybridized carbons (Fsp3) is 0.176. The Morgan fingerprint density at radius 2 is 1.95 bits per heavy atom. The molecule has 3 aromatic rings. The zero-order valence-corrected chi connectivity index (χ0v) is 13.6. The molecule has 5 heteroatoms. The normalized spacial score (nSPS) is 11.2. The highest BCUT2D eigenvalue weighted by molar-refractivity contribution is 7.12. The number of methoxy groups -OCH3 is 1. The molecule has 0 atom stereocenters. The lowest BCUT2D eigenvalue weighted by molar-refractivity contribution is 0.416. The molecule has 3 rings (SSSR count). The summed E-state index contributed by atoms with van der Waals surface area (Å²) in [5, 5.41) is 6.59. The first-order valence-corrected chi connectivity index (χ1v) is 7.86. The van der Waals surface area contributed by atoms with Crippen molar-refractivity contribution in [1.29, 1.82) is 0 Å². The van der Waals surface area contributed by atoms with E-state index < -0.39 is 0 Å². The highest BCUT2D eigenvalue weighted by Gasteiger charge is 2.12. The maximum atomic E-state index is 5.31. The van der Waals surface area contributed by atoms with Crippen LogP contribution in [0.2, 0.25) is 0 Å². The maximum Gasteiger partial charge on any atom is 0.138 e. The molecule has 4 nitrogen and oxygen atoms in total. The summed E-state index contributed by atoms with van der Waals surface area (Å²) in [6.07, 6.45) is 1.84. The molecule has 2 aromatic heterocycles. The molecule has 0 spiro atoms. The molecule has 0 amide bonds. The quantitative estimate of drug-likeness (QED) is 0.674. The number of benzene rings is 1. The summed E-state index contributed by atoms with van der Waals surface area (Å²) in [6, 6.07) is 12.0. The lowest BCUT2D eigenvalue weighted by Gasteiger charge is -2.03. The number of rotatable bonds is 4. The van der Waals surface area contributed by atoms with Crippen LogP contribution in [0, 0.1) is 13.8 Å². The van der Waals surface area contributed by atoms with Crippen molar-refractivity contribution in [2.24, 2.45) is 4.99 Å². The molecule has 112 valence electrons. The Morgan fingerprint density at radius 1 is 1.18 bits per heavy atom. The molecule has 2 heterocycles. The van der Waals surface area contributed by atoms with Gasteiger partial charge in [0.05, 0.1) is 29.1 Å². The van der Waals surface area contributed by atoms with Crippen molar-refractivity contribution in [3.05, 3.63) is 58.0 Å². The summed E-state index contributed by atoms with van der Waals surface area (Å²) < 4.78 is 7.23. The number of hydrogen-bond acceptors (Lipinski definition) is 4. The van der Waals surface area contributed by atoms with Crippen LogP contribution in [-0.4, -0.2) is 23.1 Å². The second-order valence-corrected chi connectivity index (χ2v) is 5.83. The van der Waals surface area contributed by atoms with Gasteiger partial charge in [0.1, 0.15) is 11.4 Å². The Hall–Kier alpha value is -2.40. The molecule has 0 fully saturated rings. The van der Waals surface area contributed by atoms with Crippen LogP contribution < -0.4 is 4.74 Å². The van der Waals surface area contributed by atoms with Gasteiger partial charge in [-0.2, -0.15) is 5.10 Å². The first-order valence-electron chi connectivity index (χ1n) is 6.98. The number of ether oxygens (including phenoxy) is 1. The molecule has 0 N–H and O–H groups in total. The van der Waals surface area contributed by atoms with Gasteiger partial charge in [-0.25, -0.2) is 4.68 Å². The molecule has 0 saturated heterocycles. The maximum absolute atomic E-state index is 5.31. The summed E-state index contributed by atoms with van der Waals surface area (Å²) >= 11 is 1.61. The summed E-state index contributed by atoms with van der Waals surface area (Å²) in [4.78, 5) is 5.63. The van der Waals surface area contributed by atoms with Gasteiger partial charge in [0.25, 0.3) is 0 Å². The predicted molar refractivity (Wildman–Crippen MR) is 91.2 cm³/mol. The molecule has 0 bridgehead atoms. The number of nitrogens with zero attached hydrogens (tertiary/aromatic N) is 3. The topological polar surface area (TPSA) is 39.4 Å². The molecular weight excluding hydrogens is 294 g/mol. The number of hydrogen-bond donors (Lipinski definition) is 0. The van der Waals surface area contributed by atoms with Crippen LogP contribution in [0.1, 0.15) is 16.3 Å². The number of aryl methyl sites for hydroxylation is 1. The second kappa shape index (κ2) is 6.15. The van der Waals surface area contributed by atoms with Crippen LogP contribution in [0.15, 0.2) is 46.8 Å². The molecule has 0 unspecified atom stereocenters. The van der Waals surface area contributed by atoms with Crippen LogP contribution in [0.5, 0.6) is 5.75 Å². The lowest BCUT2D eigenvalue weighted by atomic mass is 10.3. The first-order chi connectivity index (χ1) is 10.7. The van der Waals surface area contributed by atoms with E-state index in [1.807, 2.05) is 66.5 Å². The average Bonchev–Trinajstić information content (AvgIpc) is 3.11. The highest BCUT2D eigenvalue weighted by Crippen LogP contribution is 2.27. The van der Waals surface area contributed by atoms with Crippen LogP contribution in [0.4, 0.5) is 5.69 Å². The standard InChI is InChI=1S/C17H17N3OS/c1-12-17(18-11-16-15(21-3)9-10-22-16)13(2)20(19-12)14-7-5-4-6-8-14/h4-11H,1-3H3. The largest absolute Gasteiger partial charge is 0.495 e. The third kappa shape index (κ3) is 2.67. The minimum atomic E-state index is 0.847. The predicted octanol–water partition coefficient (Wildman–Crippen LogP) is 4.31. The van der Waals surface area contributed by atoms with Crippen LogP contribution in [-0.2, 0) is 0 Å². The van der Waals surface area contributed by atoms with Crippen molar-refractivity contribution in [2.45, 2.75) is 13.8 Å². The SMILES string of the molecule is COc1ccsc1C=Nc1c(C)nn(-c2ccccc2)c1C. The van der Waals surface area contributed by atoms with Gasteiger partial charge in [-0.3, -0.25) is 4.99 Å². The number of thiophene rings is 1. The first kappa shape index (κ1) is 14.5. The van der Waals surface area contributed by atoms with Gasteiger partial charge in [-0.1, -0.05) is 18.2 Å². The van der Waals surface area contributed by atoms with Gasteiger partial charge in [0, 0.05) is 6.21 Å². The minimum Gasteiger partial charge on any atom is -0.495 e. The van der Waals surface area contributed by atoms with Gasteiger partial charge in [-0.15, -0.1) is 11.3 Å². The Bertz CT molecular complexity index is 803. The van der Waals surface area contributed by atoms with Crippen molar-refractivity contribution in [2.75, 3.05) is 7.11 Å². The third-order valence-corrected chi connectivity index (χ3v) is 4.27. The van der Waals surface area contributed by atoms with Crippen LogP contribution in [0.3, 0.4) is 0 Å². The van der Waals surface area contributed by atoms with Crippen molar-refractivity contribution >= 4 is 23.2 Å². The minimum absolute atomic E-state index is 0.847. The van der Waals surface area contributed by atoms with Crippen molar-refractivity contribution in [3.8, 4) is 11.4 Å². The molecule has 0 aliphatic heterocycles. The Labute approximate surface area is 133 Å². The molecule has 1 aromatic carbocycles. The molecule has 0 aliphatic rings. The fourth-order valence-corrected chi connectivity index (χ4v) is 3.06. The summed E-state index contributed by atoms with van der Waals surface area (Å²) in [6.45, 7) is 4.01. The molecule has 0 aliphatic carbocycles. The second-order valence-electron chi connectivity index (χ2n) is 4.88. The van der Waals surface area contributed by atoms with E-state index in [1.54, 1.807) is 18.4 Å². The van der Waals surface area contributed by atoms with Gasteiger partial charge in [0.15, 0.2) is 0 Å². The van der Waals surface area contributed by atoms with E-state index >= 15 is 0 Å². The van der Waals surface area contributed by atoms with Gasteiger partial charge in [0.2, 0.25) is 0 Å². The van der Waals surface area contributed by atoms with Crippen LogP contribution >= 0.6 is 11.3 Å². The van der Waals surface area contributed by atoms with E-state index in [2.05, 4.69) is 10.1 Å². The number of para-hydroxylation sites is 1. The van der Waals surface area contributed by atoms with Crippen LogP contribution in [0.25, 0.3) is 5.69 Å². The Morgan fingerprint density at radius 3 is 2.68 bits per heavy atom. The number of aliphatic imine (C=N–C) groups is 1. The molecule has 0 saturated carbocycles. The lowest BCUT2D eigenvalue weighted by Crippen LogP contribution is -1.98. The average molecular weight is 311 g/mol. The van der Waals surface area contributed by atoms with E-state index in [9.17, 15) is 0 Å². The summed E-state index contributed by atoms with van der Waals surface area (Å²) in [5.74, 6) is 0.847. The van der Waals surface area contributed by atoms with Crippen molar-refractivity contribution in [1.82, 2.24) is 9.78 Å². The molecular formula is C17H17N3OS. The zero-order chi connectivity index (χ0) is 15.5. The number of aromatic nitrogens is 2. The zero-order valence-electron chi connectivity index (χ0n) is 12.8. The van der Waals surface area contributed by atoms with Crippen molar-refractivity contribution in [3.63, 3.8) is 0 Å². The monoisotopic (exact) mass is 311 g/mol.